The van der Waals surface area contributed by atoms with Gasteiger partial charge in [0.05, 0.1) is 29.2 Å². The first-order valence-corrected chi connectivity index (χ1v) is 25.5. The van der Waals surface area contributed by atoms with Gasteiger partial charge in [0, 0.05) is 0 Å². The van der Waals surface area contributed by atoms with E-state index in [4.69, 9.17) is 9.47 Å². The van der Waals surface area contributed by atoms with E-state index in [1.165, 1.54) is 173 Å². The molecule has 0 aliphatic carbocycles. The summed E-state index contributed by atoms with van der Waals surface area (Å²) in [7, 11) is -4.82. The molecule has 59 heavy (non-hydrogen) atoms. The number of benzene rings is 1. The van der Waals surface area contributed by atoms with Crippen molar-refractivity contribution in [2.24, 2.45) is 0 Å². The molecule has 1 rings (SSSR count). The van der Waals surface area contributed by atoms with Crippen molar-refractivity contribution in [2.45, 2.75) is 237 Å². The van der Waals surface area contributed by atoms with Crippen LogP contribution in [0.3, 0.4) is 0 Å². The van der Waals surface area contributed by atoms with Gasteiger partial charge < -0.3 is 14.0 Å². The van der Waals surface area contributed by atoms with Crippen molar-refractivity contribution in [3.63, 3.8) is 0 Å². The number of carbonyl (C=O) groups excluding carboxylic acids is 2. The standard InChI is InChI=1S/C50H86O7S.K/c1-3-5-7-9-11-13-15-17-19-21-23-25-27-29-31-33-35-37-39-43-56-49(51)47-42-41-46(58(53,54)55)45-48(47)50(52)57-44-40-38-36-34-32-30-28-26-24-22-20-18-16-14-12-10-8-6-4-2;/h15-18,41-42,45H,3-14,19-40,43-44H2,1-2H3,(H,53,54,55);/q;+1/p-1/b17-15+,18-16+;. The third-order valence-electron chi connectivity index (χ3n) is 11.0. The molecule has 0 bridgehead atoms. The Labute approximate surface area is 405 Å². The Balaban J connectivity index is 0.0000336. The van der Waals surface area contributed by atoms with Gasteiger partial charge >= 0.3 is 63.3 Å². The van der Waals surface area contributed by atoms with Gasteiger partial charge in [-0.3, -0.25) is 0 Å². The smallest absolute Gasteiger partial charge is 0.744 e. The van der Waals surface area contributed by atoms with Gasteiger partial charge in [-0.25, -0.2) is 18.0 Å². The Morgan fingerprint density at radius 1 is 0.458 bits per heavy atom. The largest absolute Gasteiger partial charge is 1.00 e. The van der Waals surface area contributed by atoms with Gasteiger partial charge in [-0.05, 0) is 82.4 Å². The summed E-state index contributed by atoms with van der Waals surface area (Å²) in [5, 5.41) is 0. The summed E-state index contributed by atoms with van der Waals surface area (Å²) in [4.78, 5) is 25.3. The maximum absolute atomic E-state index is 13.0. The second-order valence-corrected chi connectivity index (χ2v) is 17.8. The van der Waals surface area contributed by atoms with Crippen molar-refractivity contribution >= 4 is 22.1 Å². The number of hydrogen-bond donors (Lipinski definition) is 0. The SMILES string of the molecule is CCCCCCC/C=C/CCCCCCCCCCCCOC(=O)c1ccc(S(=O)(=O)[O-])cc1C(=O)OCCCCCCCCCCCC/C=C/CCCCCCC.[K+]. The molecule has 0 unspecified atom stereocenters. The maximum atomic E-state index is 13.0. The molecule has 0 fully saturated rings. The first kappa shape index (κ1) is 58.2. The molecule has 0 aliphatic heterocycles. The van der Waals surface area contributed by atoms with Crippen LogP contribution in [0.4, 0.5) is 0 Å². The fourth-order valence-electron chi connectivity index (χ4n) is 7.27. The number of ether oxygens (including phenoxy) is 2. The first-order valence-electron chi connectivity index (χ1n) is 24.0. The zero-order valence-electron chi connectivity index (χ0n) is 38.3. The van der Waals surface area contributed by atoms with Crippen molar-refractivity contribution in [3.05, 3.63) is 53.6 Å². The van der Waals surface area contributed by atoms with Crippen LogP contribution in [0.2, 0.25) is 0 Å². The minimum atomic E-state index is -4.82. The molecule has 0 heterocycles. The molecule has 7 nitrogen and oxygen atoms in total. The van der Waals surface area contributed by atoms with Gasteiger partial charge in [0.2, 0.25) is 0 Å². The van der Waals surface area contributed by atoms with Gasteiger partial charge in [0.25, 0.3) is 0 Å². The van der Waals surface area contributed by atoms with E-state index >= 15 is 0 Å². The van der Waals surface area contributed by atoms with Gasteiger partial charge in [-0.15, -0.1) is 0 Å². The molecule has 1 aromatic rings. The Bertz CT molecular complexity index is 1310. The molecular weight excluding hydrogens is 784 g/mol. The number of rotatable bonds is 41. The van der Waals surface area contributed by atoms with Gasteiger partial charge in [-0.2, -0.15) is 0 Å². The minimum Gasteiger partial charge on any atom is -0.744 e. The second-order valence-electron chi connectivity index (χ2n) is 16.4. The number of esters is 2. The summed E-state index contributed by atoms with van der Waals surface area (Å²) in [6.45, 7) is 4.88. The summed E-state index contributed by atoms with van der Waals surface area (Å²) >= 11 is 0. The molecule has 0 aromatic heterocycles. The van der Waals surface area contributed by atoms with Crippen LogP contribution >= 0.6 is 0 Å². The second kappa shape index (κ2) is 42.5. The first-order chi connectivity index (χ1) is 28.3. The minimum absolute atomic E-state index is 0. The van der Waals surface area contributed by atoms with Crippen LogP contribution in [0.1, 0.15) is 253 Å². The Morgan fingerprint density at radius 2 is 0.746 bits per heavy atom. The van der Waals surface area contributed by atoms with Crippen molar-refractivity contribution < 1.29 is 83.4 Å². The van der Waals surface area contributed by atoms with E-state index < -0.39 is 27.0 Å². The predicted octanol–water partition coefficient (Wildman–Crippen LogP) is 12.3. The van der Waals surface area contributed by atoms with Crippen LogP contribution in [0, 0.1) is 0 Å². The fraction of sp³-hybridized carbons (Fsp3) is 0.760. The van der Waals surface area contributed by atoms with E-state index in [1.807, 2.05) is 0 Å². The predicted molar refractivity (Wildman–Crippen MR) is 242 cm³/mol. The topological polar surface area (TPSA) is 110 Å². The third kappa shape index (κ3) is 35.4. The van der Waals surface area contributed by atoms with Crippen molar-refractivity contribution in [1.82, 2.24) is 0 Å². The average molecular weight is 869 g/mol. The van der Waals surface area contributed by atoms with E-state index in [-0.39, 0.29) is 75.7 Å². The molecule has 0 aliphatic rings. The van der Waals surface area contributed by atoms with Crippen LogP contribution in [-0.2, 0) is 19.6 Å². The summed E-state index contributed by atoms with van der Waals surface area (Å²) < 4.78 is 45.9. The summed E-state index contributed by atoms with van der Waals surface area (Å²) in [5.74, 6) is -1.55. The maximum Gasteiger partial charge on any atom is 1.00 e. The van der Waals surface area contributed by atoms with E-state index in [9.17, 15) is 22.6 Å². The van der Waals surface area contributed by atoms with Gasteiger partial charge in [-0.1, -0.05) is 192 Å². The van der Waals surface area contributed by atoms with Crippen molar-refractivity contribution in [3.8, 4) is 0 Å². The number of allylic oxidation sites excluding steroid dienone is 4. The van der Waals surface area contributed by atoms with Crippen LogP contribution in [-0.4, -0.2) is 38.1 Å². The summed E-state index contributed by atoms with van der Waals surface area (Å²) in [6.07, 6.45) is 50.7. The molecule has 0 atom stereocenters. The van der Waals surface area contributed by atoms with Crippen LogP contribution in [0.5, 0.6) is 0 Å². The Morgan fingerprint density at radius 3 is 1.07 bits per heavy atom. The van der Waals surface area contributed by atoms with Crippen LogP contribution in [0.15, 0.2) is 47.4 Å². The normalized spacial score (nSPS) is 11.7. The molecule has 0 N–H and O–H groups in total. The summed E-state index contributed by atoms with van der Waals surface area (Å²) in [6, 6.07) is 3.15. The quantitative estimate of drug-likeness (QED) is 0.0212. The van der Waals surface area contributed by atoms with Gasteiger partial charge in [0.15, 0.2) is 0 Å². The number of hydrogen-bond acceptors (Lipinski definition) is 7. The van der Waals surface area contributed by atoms with Crippen molar-refractivity contribution in [1.29, 1.82) is 0 Å². The van der Waals surface area contributed by atoms with E-state index in [1.54, 1.807) is 0 Å². The Kier molecular flexibility index (Phi) is 41.9. The zero-order chi connectivity index (χ0) is 42.2. The molecule has 0 saturated carbocycles. The van der Waals surface area contributed by atoms with Gasteiger partial charge in [0.1, 0.15) is 10.1 Å². The van der Waals surface area contributed by atoms with E-state index in [2.05, 4.69) is 38.2 Å². The Hall–Kier alpha value is -0.814. The number of unbranched alkanes of at least 4 members (excludes halogenated alkanes) is 30. The van der Waals surface area contributed by atoms with Crippen molar-refractivity contribution in [2.75, 3.05) is 13.2 Å². The van der Waals surface area contributed by atoms with Crippen LogP contribution in [0.25, 0.3) is 0 Å². The molecule has 0 radical (unpaired) electrons. The molecule has 0 spiro atoms. The molecule has 1 aromatic carbocycles. The molecular formula is C50H85KO7S. The van der Waals surface area contributed by atoms with E-state index in [0.29, 0.717) is 12.8 Å². The van der Waals surface area contributed by atoms with E-state index in [0.717, 1.165) is 50.7 Å². The summed E-state index contributed by atoms with van der Waals surface area (Å²) in [5.41, 5.74) is -0.337. The average Bonchev–Trinajstić information content (AvgIpc) is 3.21. The van der Waals surface area contributed by atoms with Crippen LogP contribution < -0.4 is 51.4 Å². The molecule has 334 valence electrons. The molecule has 9 heteroatoms. The third-order valence-corrected chi connectivity index (χ3v) is 11.8. The number of carbonyl (C=O) groups is 2. The molecule has 0 saturated heterocycles. The molecule has 0 amide bonds. The monoisotopic (exact) mass is 869 g/mol. The fourth-order valence-corrected chi connectivity index (χ4v) is 7.77. The zero-order valence-corrected chi connectivity index (χ0v) is 42.2.